The Kier molecular flexibility index (Phi) is 4.51. The second kappa shape index (κ2) is 6.52. The molecular weight excluding hydrogens is 266 g/mol. The number of benzene rings is 1. The van der Waals surface area contributed by atoms with E-state index in [1.807, 2.05) is 18.7 Å². The van der Waals surface area contributed by atoms with E-state index in [1.165, 1.54) is 0 Å². The van der Waals surface area contributed by atoms with Crippen LogP contribution in [0.3, 0.4) is 0 Å². The molecule has 0 radical (unpaired) electrons. The molecular formula is C14H17N7. The molecule has 0 spiro atoms. The van der Waals surface area contributed by atoms with E-state index >= 15 is 0 Å². The summed E-state index contributed by atoms with van der Waals surface area (Å²) in [7, 11) is 0. The standard InChI is InChI=1S/C14H17N7/c1-3-21(4-2)14-19-12(16)18-13(20-14)17-11-7-5-10(9-15)6-8-11/h5-8H,3-4H2,1-2H3,(H3,16,17,18,19,20). The summed E-state index contributed by atoms with van der Waals surface area (Å²) in [4.78, 5) is 14.6. The molecule has 3 N–H and O–H groups in total. The van der Waals surface area contributed by atoms with Crippen molar-refractivity contribution in [3.8, 4) is 6.07 Å². The van der Waals surface area contributed by atoms with Crippen LogP contribution in [0.25, 0.3) is 0 Å². The smallest absolute Gasteiger partial charge is 0.233 e. The first kappa shape index (κ1) is 14.5. The Balaban J connectivity index is 2.25. The normalized spacial score (nSPS) is 9.95. The summed E-state index contributed by atoms with van der Waals surface area (Å²) in [6.45, 7) is 5.63. The van der Waals surface area contributed by atoms with Crippen molar-refractivity contribution < 1.29 is 0 Å². The molecule has 1 aromatic carbocycles. The van der Waals surface area contributed by atoms with E-state index in [4.69, 9.17) is 11.0 Å². The van der Waals surface area contributed by atoms with Gasteiger partial charge in [0.05, 0.1) is 11.6 Å². The molecule has 0 atom stereocenters. The molecule has 1 heterocycles. The number of hydrogen-bond donors (Lipinski definition) is 2. The quantitative estimate of drug-likeness (QED) is 0.863. The number of rotatable bonds is 5. The molecule has 2 aromatic rings. The van der Waals surface area contributed by atoms with Crippen LogP contribution in [-0.2, 0) is 0 Å². The van der Waals surface area contributed by atoms with Gasteiger partial charge >= 0.3 is 0 Å². The van der Waals surface area contributed by atoms with Crippen LogP contribution in [0.2, 0.25) is 0 Å². The zero-order valence-corrected chi connectivity index (χ0v) is 12.0. The minimum Gasteiger partial charge on any atom is -0.368 e. The maximum atomic E-state index is 8.78. The maximum absolute atomic E-state index is 8.78. The third-order valence-corrected chi connectivity index (χ3v) is 2.96. The van der Waals surface area contributed by atoms with Crippen molar-refractivity contribution in [1.82, 2.24) is 15.0 Å². The maximum Gasteiger partial charge on any atom is 0.233 e. The average molecular weight is 283 g/mol. The number of nitrogen functional groups attached to an aromatic ring is 1. The molecule has 0 aliphatic rings. The van der Waals surface area contributed by atoms with Gasteiger partial charge in [-0.25, -0.2) is 0 Å². The highest BCUT2D eigenvalue weighted by molar-refractivity contribution is 5.56. The topological polar surface area (TPSA) is 104 Å². The van der Waals surface area contributed by atoms with Crippen molar-refractivity contribution >= 4 is 23.5 Å². The van der Waals surface area contributed by atoms with Gasteiger partial charge in [-0.05, 0) is 38.1 Å². The molecule has 7 heteroatoms. The molecule has 1 aromatic heterocycles. The molecule has 21 heavy (non-hydrogen) atoms. The lowest BCUT2D eigenvalue weighted by atomic mass is 10.2. The van der Waals surface area contributed by atoms with E-state index in [0.29, 0.717) is 17.5 Å². The minimum absolute atomic E-state index is 0.169. The van der Waals surface area contributed by atoms with Gasteiger partial charge in [-0.3, -0.25) is 0 Å². The number of hydrogen-bond acceptors (Lipinski definition) is 7. The van der Waals surface area contributed by atoms with Crippen molar-refractivity contribution in [3.63, 3.8) is 0 Å². The molecule has 0 saturated carbocycles. The van der Waals surface area contributed by atoms with Gasteiger partial charge in [0, 0.05) is 18.8 Å². The van der Waals surface area contributed by atoms with E-state index in [2.05, 4.69) is 26.3 Å². The Bertz CT molecular complexity index is 641. The number of aromatic nitrogens is 3. The van der Waals surface area contributed by atoms with Crippen molar-refractivity contribution in [2.45, 2.75) is 13.8 Å². The van der Waals surface area contributed by atoms with Gasteiger partial charge in [-0.1, -0.05) is 0 Å². The Labute approximate surface area is 123 Å². The fraction of sp³-hybridized carbons (Fsp3) is 0.286. The summed E-state index contributed by atoms with van der Waals surface area (Å²) in [6, 6.07) is 9.09. The lowest BCUT2D eigenvalue weighted by Gasteiger charge is -2.19. The number of nitrogens with one attached hydrogen (secondary N) is 1. The Morgan fingerprint density at radius 1 is 1.14 bits per heavy atom. The summed E-state index contributed by atoms with van der Waals surface area (Å²) >= 11 is 0. The zero-order valence-electron chi connectivity index (χ0n) is 12.0. The molecule has 0 unspecified atom stereocenters. The summed E-state index contributed by atoms with van der Waals surface area (Å²) in [5, 5.41) is 11.8. The number of anilines is 4. The van der Waals surface area contributed by atoms with Crippen LogP contribution in [0.1, 0.15) is 19.4 Å². The summed E-state index contributed by atoms with van der Waals surface area (Å²) in [5.41, 5.74) is 7.11. The highest BCUT2D eigenvalue weighted by atomic mass is 15.3. The molecule has 0 fully saturated rings. The Hall–Kier alpha value is -2.88. The van der Waals surface area contributed by atoms with Gasteiger partial charge in [0.15, 0.2) is 0 Å². The fourth-order valence-electron chi connectivity index (χ4n) is 1.84. The lowest BCUT2D eigenvalue weighted by Crippen LogP contribution is -2.25. The second-order valence-corrected chi connectivity index (χ2v) is 4.30. The number of nitrogens with zero attached hydrogens (tertiary/aromatic N) is 5. The highest BCUT2D eigenvalue weighted by Gasteiger charge is 2.09. The van der Waals surface area contributed by atoms with Crippen molar-refractivity contribution in [1.29, 1.82) is 5.26 Å². The largest absolute Gasteiger partial charge is 0.368 e. The molecule has 0 aliphatic carbocycles. The van der Waals surface area contributed by atoms with Crippen molar-refractivity contribution in [2.75, 3.05) is 29.0 Å². The zero-order chi connectivity index (χ0) is 15.2. The first-order chi connectivity index (χ1) is 10.2. The monoisotopic (exact) mass is 283 g/mol. The second-order valence-electron chi connectivity index (χ2n) is 4.30. The van der Waals surface area contributed by atoms with Crippen LogP contribution >= 0.6 is 0 Å². The van der Waals surface area contributed by atoms with E-state index in [0.717, 1.165) is 18.8 Å². The van der Waals surface area contributed by atoms with Crippen LogP contribution in [0.5, 0.6) is 0 Å². The van der Waals surface area contributed by atoms with Crippen molar-refractivity contribution in [3.05, 3.63) is 29.8 Å². The van der Waals surface area contributed by atoms with Crippen LogP contribution in [-0.4, -0.2) is 28.0 Å². The average Bonchev–Trinajstić information content (AvgIpc) is 2.49. The van der Waals surface area contributed by atoms with Crippen LogP contribution in [0, 0.1) is 11.3 Å². The first-order valence-electron chi connectivity index (χ1n) is 6.70. The molecule has 0 saturated heterocycles. The van der Waals surface area contributed by atoms with Gasteiger partial charge in [0.25, 0.3) is 0 Å². The van der Waals surface area contributed by atoms with Gasteiger partial charge in [0.1, 0.15) is 0 Å². The van der Waals surface area contributed by atoms with Gasteiger partial charge in [-0.2, -0.15) is 20.2 Å². The van der Waals surface area contributed by atoms with Gasteiger partial charge < -0.3 is 16.0 Å². The number of nitrogens with two attached hydrogens (primary N) is 1. The first-order valence-corrected chi connectivity index (χ1v) is 6.70. The van der Waals surface area contributed by atoms with E-state index < -0.39 is 0 Å². The molecule has 0 aliphatic heterocycles. The van der Waals surface area contributed by atoms with Crippen LogP contribution in [0.15, 0.2) is 24.3 Å². The third kappa shape index (κ3) is 3.57. The molecule has 7 nitrogen and oxygen atoms in total. The van der Waals surface area contributed by atoms with Crippen LogP contribution < -0.4 is 16.0 Å². The Morgan fingerprint density at radius 2 is 1.81 bits per heavy atom. The molecule has 2 rings (SSSR count). The van der Waals surface area contributed by atoms with Gasteiger partial charge in [-0.15, -0.1) is 0 Å². The third-order valence-electron chi connectivity index (χ3n) is 2.96. The lowest BCUT2D eigenvalue weighted by molar-refractivity contribution is 0.816. The number of nitriles is 1. The van der Waals surface area contributed by atoms with E-state index in [-0.39, 0.29) is 5.95 Å². The predicted octanol–water partition coefficient (Wildman–Crippen LogP) is 1.92. The summed E-state index contributed by atoms with van der Waals surface area (Å²) in [6.07, 6.45) is 0. The van der Waals surface area contributed by atoms with E-state index in [9.17, 15) is 0 Å². The Morgan fingerprint density at radius 3 is 2.38 bits per heavy atom. The highest BCUT2D eigenvalue weighted by Crippen LogP contribution is 2.17. The SMILES string of the molecule is CCN(CC)c1nc(N)nc(Nc2ccc(C#N)cc2)n1. The predicted molar refractivity (Wildman–Crippen MR) is 82.2 cm³/mol. The molecule has 0 amide bonds. The van der Waals surface area contributed by atoms with Crippen LogP contribution in [0.4, 0.5) is 23.5 Å². The molecule has 108 valence electrons. The summed E-state index contributed by atoms with van der Waals surface area (Å²) < 4.78 is 0. The van der Waals surface area contributed by atoms with Gasteiger partial charge in [0.2, 0.25) is 17.8 Å². The molecule has 0 bridgehead atoms. The minimum atomic E-state index is 0.169. The fourth-order valence-corrected chi connectivity index (χ4v) is 1.84. The summed E-state index contributed by atoms with van der Waals surface area (Å²) in [5.74, 6) is 1.10. The van der Waals surface area contributed by atoms with E-state index in [1.54, 1.807) is 24.3 Å². The van der Waals surface area contributed by atoms with Crippen molar-refractivity contribution in [2.24, 2.45) is 0 Å².